The molecule has 102 valence electrons. The number of nitrogens with one attached hydrogen (secondary N) is 1. The molecule has 0 aliphatic carbocycles. The van der Waals surface area contributed by atoms with Crippen LogP contribution in [-0.4, -0.2) is 10.9 Å². The largest absolute Gasteiger partial charge is 0.439 e. The van der Waals surface area contributed by atoms with E-state index in [2.05, 4.69) is 16.9 Å². The summed E-state index contributed by atoms with van der Waals surface area (Å²) in [5.41, 5.74) is 0.920. The number of carbonyl (C=O) groups is 1. The van der Waals surface area contributed by atoms with Crippen LogP contribution in [0.3, 0.4) is 0 Å². The smallest absolute Gasteiger partial charge is 0.248 e. The summed E-state index contributed by atoms with van der Waals surface area (Å²) >= 11 is 5.81. The van der Waals surface area contributed by atoms with Crippen molar-refractivity contribution in [1.82, 2.24) is 4.98 Å². The van der Waals surface area contributed by atoms with Gasteiger partial charge in [-0.2, -0.15) is 4.98 Å². The van der Waals surface area contributed by atoms with Gasteiger partial charge in [0.2, 0.25) is 11.8 Å². The van der Waals surface area contributed by atoms with Crippen molar-refractivity contribution in [3.63, 3.8) is 0 Å². The lowest BCUT2D eigenvalue weighted by Crippen LogP contribution is -2.09. The van der Waals surface area contributed by atoms with Crippen molar-refractivity contribution in [1.29, 1.82) is 0 Å². The zero-order valence-electron chi connectivity index (χ0n) is 10.9. The Morgan fingerprint density at radius 3 is 2.70 bits per heavy atom. The zero-order chi connectivity index (χ0) is 14.5. The number of halogens is 1. The third kappa shape index (κ3) is 3.83. The number of amides is 1. The van der Waals surface area contributed by atoms with Gasteiger partial charge in [-0.3, -0.25) is 4.79 Å². The molecule has 0 unspecified atom stereocenters. The van der Waals surface area contributed by atoms with Gasteiger partial charge in [0.1, 0.15) is 11.6 Å². The maximum absolute atomic E-state index is 11.3. The van der Waals surface area contributed by atoms with Crippen molar-refractivity contribution in [2.45, 2.75) is 6.92 Å². The number of nitrogens with zero attached hydrogens (tertiary/aromatic N) is 1. The molecule has 0 atom stereocenters. The van der Waals surface area contributed by atoms with E-state index >= 15 is 0 Å². The van der Waals surface area contributed by atoms with Gasteiger partial charge in [-0.1, -0.05) is 18.2 Å². The first-order valence-electron chi connectivity index (χ1n) is 5.92. The number of hydrogen-bond donors (Lipinski definition) is 1. The van der Waals surface area contributed by atoms with E-state index in [9.17, 15) is 4.79 Å². The highest BCUT2D eigenvalue weighted by Gasteiger charge is 2.05. The van der Waals surface area contributed by atoms with Gasteiger partial charge in [0.15, 0.2) is 0 Å². The van der Waals surface area contributed by atoms with Crippen LogP contribution in [0.1, 0.15) is 5.56 Å². The Hall–Kier alpha value is -2.33. The van der Waals surface area contributed by atoms with Gasteiger partial charge in [0.05, 0.1) is 0 Å². The third-order valence-electron chi connectivity index (χ3n) is 2.42. The van der Waals surface area contributed by atoms with Crippen molar-refractivity contribution < 1.29 is 9.53 Å². The lowest BCUT2D eigenvalue weighted by atomic mass is 10.3. The monoisotopic (exact) mass is 288 g/mol. The first kappa shape index (κ1) is 14.1. The standard InChI is InChI=1S/C15H13ClN2O2/c1-3-14(19)17-13-8-10(2)9-15(18-13)20-12-6-4-11(16)5-7-12/h3-9H,1H2,2H3,(H,17,18,19). The minimum atomic E-state index is -0.319. The lowest BCUT2D eigenvalue weighted by molar-refractivity contribution is -0.111. The predicted molar refractivity (Wildman–Crippen MR) is 79.3 cm³/mol. The molecule has 0 aliphatic rings. The number of rotatable bonds is 4. The van der Waals surface area contributed by atoms with E-state index in [0.717, 1.165) is 5.56 Å². The van der Waals surface area contributed by atoms with Crippen LogP contribution in [0.5, 0.6) is 11.6 Å². The minimum Gasteiger partial charge on any atom is -0.439 e. The highest BCUT2D eigenvalue weighted by atomic mass is 35.5. The molecule has 1 amide bonds. The second-order valence-electron chi connectivity index (χ2n) is 4.12. The molecule has 2 aromatic rings. The number of carbonyl (C=O) groups excluding carboxylic acids is 1. The average molecular weight is 289 g/mol. The summed E-state index contributed by atoms with van der Waals surface area (Å²) < 4.78 is 5.62. The van der Waals surface area contributed by atoms with Crippen LogP contribution >= 0.6 is 11.6 Å². The highest BCUT2D eigenvalue weighted by Crippen LogP contribution is 2.23. The molecule has 0 spiro atoms. The summed E-state index contributed by atoms with van der Waals surface area (Å²) in [6.45, 7) is 5.28. The van der Waals surface area contributed by atoms with E-state index in [4.69, 9.17) is 16.3 Å². The molecule has 1 N–H and O–H groups in total. The molecule has 0 aliphatic heterocycles. The van der Waals surface area contributed by atoms with E-state index in [1.807, 2.05) is 6.92 Å². The van der Waals surface area contributed by atoms with Crippen molar-refractivity contribution >= 4 is 23.3 Å². The summed E-state index contributed by atoms with van der Waals surface area (Å²) in [4.78, 5) is 15.5. The van der Waals surface area contributed by atoms with E-state index in [1.54, 1.807) is 36.4 Å². The Bertz CT molecular complexity index is 639. The molecule has 2 rings (SSSR count). The number of benzene rings is 1. The Kier molecular flexibility index (Phi) is 4.38. The number of ether oxygens (including phenoxy) is 1. The Labute approximate surface area is 122 Å². The summed E-state index contributed by atoms with van der Waals surface area (Å²) in [6.07, 6.45) is 1.18. The van der Waals surface area contributed by atoms with Crippen LogP contribution in [-0.2, 0) is 4.79 Å². The van der Waals surface area contributed by atoms with Crippen LogP contribution in [0, 0.1) is 6.92 Å². The number of pyridine rings is 1. The molecule has 0 saturated carbocycles. The molecule has 0 fully saturated rings. The Balaban J connectivity index is 2.21. The van der Waals surface area contributed by atoms with Gasteiger partial charge in [0, 0.05) is 11.1 Å². The average Bonchev–Trinajstić information content (AvgIpc) is 2.40. The van der Waals surface area contributed by atoms with E-state index in [0.29, 0.717) is 22.5 Å². The maximum atomic E-state index is 11.3. The van der Waals surface area contributed by atoms with E-state index < -0.39 is 0 Å². The second-order valence-corrected chi connectivity index (χ2v) is 4.55. The molecule has 0 radical (unpaired) electrons. The molecule has 1 aromatic carbocycles. The normalized spacial score (nSPS) is 9.90. The molecule has 0 saturated heterocycles. The quantitative estimate of drug-likeness (QED) is 0.866. The summed E-state index contributed by atoms with van der Waals surface area (Å²) in [6, 6.07) is 10.5. The summed E-state index contributed by atoms with van der Waals surface area (Å²) in [7, 11) is 0. The first-order valence-corrected chi connectivity index (χ1v) is 6.30. The molecular formula is C15H13ClN2O2. The number of aryl methyl sites for hydroxylation is 1. The van der Waals surface area contributed by atoms with Gasteiger partial charge in [-0.15, -0.1) is 0 Å². The molecule has 0 bridgehead atoms. The van der Waals surface area contributed by atoms with Gasteiger partial charge < -0.3 is 10.1 Å². The summed E-state index contributed by atoms with van der Waals surface area (Å²) in [5.74, 6) is 1.11. The van der Waals surface area contributed by atoms with Crippen LogP contribution in [0.2, 0.25) is 5.02 Å². The Morgan fingerprint density at radius 1 is 1.35 bits per heavy atom. The predicted octanol–water partition coefficient (Wildman–Crippen LogP) is 3.96. The summed E-state index contributed by atoms with van der Waals surface area (Å²) in [5, 5.41) is 3.23. The topological polar surface area (TPSA) is 51.2 Å². The van der Waals surface area contributed by atoms with Gasteiger partial charge in [0.25, 0.3) is 0 Å². The van der Waals surface area contributed by atoms with E-state index in [-0.39, 0.29) is 5.91 Å². The fourth-order valence-electron chi connectivity index (χ4n) is 1.55. The van der Waals surface area contributed by atoms with Crippen molar-refractivity contribution in [3.8, 4) is 11.6 Å². The van der Waals surface area contributed by atoms with Crippen molar-refractivity contribution in [2.24, 2.45) is 0 Å². The van der Waals surface area contributed by atoms with Crippen LogP contribution in [0.15, 0.2) is 49.1 Å². The fraction of sp³-hybridized carbons (Fsp3) is 0.0667. The molecule has 5 heteroatoms. The maximum Gasteiger partial charge on any atom is 0.248 e. The molecule has 20 heavy (non-hydrogen) atoms. The van der Waals surface area contributed by atoms with Crippen LogP contribution in [0.25, 0.3) is 0 Å². The third-order valence-corrected chi connectivity index (χ3v) is 2.67. The SMILES string of the molecule is C=CC(=O)Nc1cc(C)cc(Oc2ccc(Cl)cc2)n1. The molecular weight excluding hydrogens is 276 g/mol. The van der Waals surface area contributed by atoms with E-state index in [1.165, 1.54) is 6.08 Å². The molecule has 1 heterocycles. The van der Waals surface area contributed by atoms with Gasteiger partial charge in [-0.05, 0) is 48.9 Å². The molecule has 4 nitrogen and oxygen atoms in total. The van der Waals surface area contributed by atoms with Gasteiger partial charge >= 0.3 is 0 Å². The minimum absolute atomic E-state index is 0.319. The Morgan fingerprint density at radius 2 is 2.05 bits per heavy atom. The van der Waals surface area contributed by atoms with Gasteiger partial charge in [-0.25, -0.2) is 0 Å². The zero-order valence-corrected chi connectivity index (χ0v) is 11.6. The molecule has 1 aromatic heterocycles. The van der Waals surface area contributed by atoms with Crippen LogP contribution in [0.4, 0.5) is 5.82 Å². The second kappa shape index (κ2) is 6.21. The number of hydrogen-bond acceptors (Lipinski definition) is 3. The lowest BCUT2D eigenvalue weighted by Gasteiger charge is -2.08. The fourth-order valence-corrected chi connectivity index (χ4v) is 1.68. The first-order chi connectivity index (χ1) is 9.56. The number of aromatic nitrogens is 1. The number of anilines is 1. The highest BCUT2D eigenvalue weighted by molar-refractivity contribution is 6.30. The van der Waals surface area contributed by atoms with Crippen molar-refractivity contribution in [3.05, 3.63) is 59.6 Å². The van der Waals surface area contributed by atoms with Crippen molar-refractivity contribution in [2.75, 3.05) is 5.32 Å². The van der Waals surface area contributed by atoms with Crippen LogP contribution < -0.4 is 10.1 Å².